The minimum Gasteiger partial charge on any atom is -0.493 e. The molecule has 32 heavy (non-hydrogen) atoms. The molecule has 1 aliphatic rings. The maximum Gasteiger partial charge on any atom is 0.278 e. The monoisotopic (exact) mass is 453 g/mol. The zero-order valence-corrected chi connectivity index (χ0v) is 18.7. The van der Waals surface area contributed by atoms with Gasteiger partial charge in [0.1, 0.15) is 6.04 Å². The van der Waals surface area contributed by atoms with E-state index in [1.165, 1.54) is 24.6 Å². The smallest absolute Gasteiger partial charge is 0.278 e. The van der Waals surface area contributed by atoms with Gasteiger partial charge >= 0.3 is 0 Å². The van der Waals surface area contributed by atoms with E-state index >= 15 is 0 Å². The van der Waals surface area contributed by atoms with Gasteiger partial charge in [0.05, 0.1) is 20.1 Å². The first-order valence-corrected chi connectivity index (χ1v) is 10.7. The van der Waals surface area contributed by atoms with Gasteiger partial charge in [-0.2, -0.15) is 0 Å². The average molecular weight is 454 g/mol. The fourth-order valence-electron chi connectivity index (χ4n) is 3.88. The molecule has 0 bridgehead atoms. The Kier molecular flexibility index (Phi) is 9.70. The molecule has 0 unspecified atom stereocenters. The van der Waals surface area contributed by atoms with Crippen LogP contribution in [0.25, 0.3) is 0 Å². The first kappa shape index (κ1) is 25.4. The van der Waals surface area contributed by atoms with Crippen molar-refractivity contribution >= 4 is 17.7 Å². The number of benzene rings is 1. The number of hydroxylamine groups is 1. The first-order chi connectivity index (χ1) is 15.4. The second kappa shape index (κ2) is 12.2. The predicted molar refractivity (Wildman–Crippen MR) is 114 cm³/mol. The van der Waals surface area contributed by atoms with Gasteiger partial charge in [0.25, 0.3) is 5.91 Å². The highest BCUT2D eigenvalue weighted by Crippen LogP contribution is 2.28. The van der Waals surface area contributed by atoms with Crippen molar-refractivity contribution in [1.82, 2.24) is 15.7 Å². The molecule has 0 aromatic heterocycles. The molecule has 1 fully saturated rings. The molecule has 10 heteroatoms. The summed E-state index contributed by atoms with van der Waals surface area (Å²) in [5.41, 5.74) is 2.06. The molecular weight excluding hydrogens is 421 g/mol. The number of alkyl halides is 1. The molecule has 2 rings (SSSR count). The summed E-state index contributed by atoms with van der Waals surface area (Å²) in [5.74, 6) is -2.33. The van der Waals surface area contributed by atoms with Crippen molar-refractivity contribution < 1.29 is 33.5 Å². The summed E-state index contributed by atoms with van der Waals surface area (Å²) in [6.07, 6.45) is 0.277. The van der Waals surface area contributed by atoms with Crippen LogP contribution < -0.4 is 20.3 Å². The molecule has 0 radical (unpaired) electrons. The molecule has 1 aliphatic heterocycles. The van der Waals surface area contributed by atoms with Gasteiger partial charge in [-0.1, -0.05) is 25.8 Å². The normalized spacial score (nSPS) is 17.4. The molecule has 0 aliphatic carbocycles. The average Bonchev–Trinajstić information content (AvgIpc) is 3.31. The van der Waals surface area contributed by atoms with Gasteiger partial charge in [-0.25, -0.2) is 9.87 Å². The number of unbranched alkanes of at least 4 members (excludes halogenated alkanes) is 1. The molecule has 3 N–H and O–H groups in total. The molecule has 3 amide bonds. The number of hydrogen-bond donors (Lipinski definition) is 3. The van der Waals surface area contributed by atoms with Gasteiger partial charge < -0.3 is 19.7 Å². The largest absolute Gasteiger partial charge is 0.493 e. The number of ether oxygens (including phenoxy) is 2. The van der Waals surface area contributed by atoms with Crippen LogP contribution in [-0.4, -0.2) is 60.8 Å². The van der Waals surface area contributed by atoms with E-state index in [1.54, 1.807) is 18.2 Å². The van der Waals surface area contributed by atoms with Gasteiger partial charge in [0, 0.05) is 13.1 Å². The van der Waals surface area contributed by atoms with Crippen molar-refractivity contribution in [3.8, 4) is 11.5 Å². The van der Waals surface area contributed by atoms with E-state index < -0.39 is 29.9 Å². The molecule has 178 valence electrons. The Morgan fingerprint density at radius 2 is 1.97 bits per heavy atom. The van der Waals surface area contributed by atoms with Crippen LogP contribution in [0.15, 0.2) is 18.2 Å². The van der Waals surface area contributed by atoms with E-state index in [4.69, 9.17) is 14.7 Å². The van der Waals surface area contributed by atoms with E-state index in [0.29, 0.717) is 43.7 Å². The highest BCUT2D eigenvalue weighted by molar-refractivity contribution is 5.92. The van der Waals surface area contributed by atoms with Gasteiger partial charge in [0.15, 0.2) is 17.7 Å². The van der Waals surface area contributed by atoms with Crippen LogP contribution in [0.3, 0.4) is 0 Å². The lowest BCUT2D eigenvalue weighted by atomic mass is 9.94. The molecular formula is C22H32FN3O6. The van der Waals surface area contributed by atoms with E-state index in [2.05, 4.69) is 5.32 Å². The van der Waals surface area contributed by atoms with Crippen LogP contribution in [0, 0.1) is 5.92 Å². The standard InChI is InChI=1S/C22H32FN3O6/c1-4-5-7-15(19(23)21(28)25-30)22(29)26-11-6-8-16(26)20(27)24-13-14-9-10-17(31-2)18(12-14)32-3/h9-10,12,15-16,19,30H,4-8,11,13H2,1-3H3,(H,24,27)(H,25,28)/t15-,16+,19+/m1/s1. The highest BCUT2D eigenvalue weighted by atomic mass is 19.1. The lowest BCUT2D eigenvalue weighted by Gasteiger charge is -2.29. The van der Waals surface area contributed by atoms with Crippen molar-refractivity contribution in [3.05, 3.63) is 23.8 Å². The molecule has 1 aromatic rings. The summed E-state index contributed by atoms with van der Waals surface area (Å²) >= 11 is 0. The predicted octanol–water partition coefficient (Wildman–Crippen LogP) is 1.96. The Balaban J connectivity index is 2.08. The number of hydrogen-bond acceptors (Lipinski definition) is 6. The molecule has 1 aromatic carbocycles. The number of carbonyl (C=O) groups excluding carboxylic acids is 3. The van der Waals surface area contributed by atoms with Crippen LogP contribution in [-0.2, 0) is 20.9 Å². The number of rotatable bonds is 11. The van der Waals surface area contributed by atoms with Crippen molar-refractivity contribution in [3.63, 3.8) is 0 Å². The number of halogens is 1. The maximum absolute atomic E-state index is 14.6. The molecule has 3 atom stereocenters. The van der Waals surface area contributed by atoms with Crippen LogP contribution in [0.2, 0.25) is 0 Å². The minimum absolute atomic E-state index is 0.153. The fourth-order valence-corrected chi connectivity index (χ4v) is 3.88. The Labute approximate surface area is 187 Å². The highest BCUT2D eigenvalue weighted by Gasteiger charge is 2.41. The summed E-state index contributed by atoms with van der Waals surface area (Å²) < 4.78 is 25.0. The third kappa shape index (κ3) is 6.09. The number of nitrogens with one attached hydrogen (secondary N) is 2. The lowest BCUT2D eigenvalue weighted by molar-refractivity contribution is -0.149. The van der Waals surface area contributed by atoms with Crippen LogP contribution in [0.5, 0.6) is 11.5 Å². The summed E-state index contributed by atoms with van der Waals surface area (Å²) in [6, 6.07) is 4.54. The quantitative estimate of drug-likeness (QED) is 0.348. The van der Waals surface area contributed by atoms with Crippen LogP contribution in [0.4, 0.5) is 4.39 Å². The Morgan fingerprint density at radius 3 is 2.59 bits per heavy atom. The maximum atomic E-state index is 14.6. The fraction of sp³-hybridized carbons (Fsp3) is 0.591. The number of carbonyl (C=O) groups is 3. The van der Waals surface area contributed by atoms with Gasteiger partial charge in [-0.3, -0.25) is 19.6 Å². The van der Waals surface area contributed by atoms with Crippen molar-refractivity contribution in [2.75, 3.05) is 20.8 Å². The third-order valence-electron chi connectivity index (χ3n) is 5.65. The lowest BCUT2D eigenvalue weighted by Crippen LogP contribution is -2.50. The Hall–Kier alpha value is -2.88. The van der Waals surface area contributed by atoms with Crippen LogP contribution >= 0.6 is 0 Å². The molecule has 1 heterocycles. The number of nitrogens with zero attached hydrogens (tertiary/aromatic N) is 1. The summed E-state index contributed by atoms with van der Waals surface area (Å²) in [4.78, 5) is 38.9. The number of likely N-dealkylation sites (tertiary alicyclic amines) is 1. The third-order valence-corrected chi connectivity index (χ3v) is 5.65. The second-order valence-electron chi connectivity index (χ2n) is 7.72. The van der Waals surface area contributed by atoms with E-state index in [1.807, 2.05) is 6.92 Å². The van der Waals surface area contributed by atoms with E-state index in [0.717, 1.165) is 5.56 Å². The zero-order chi connectivity index (χ0) is 23.7. The number of methoxy groups -OCH3 is 2. The van der Waals surface area contributed by atoms with Gasteiger partial charge in [-0.15, -0.1) is 0 Å². The van der Waals surface area contributed by atoms with E-state index in [9.17, 15) is 18.8 Å². The van der Waals surface area contributed by atoms with Crippen molar-refractivity contribution in [2.45, 2.75) is 57.8 Å². The zero-order valence-electron chi connectivity index (χ0n) is 18.7. The summed E-state index contributed by atoms with van der Waals surface area (Å²) in [5, 5.41) is 11.6. The topological polar surface area (TPSA) is 117 Å². The molecule has 9 nitrogen and oxygen atoms in total. The van der Waals surface area contributed by atoms with E-state index in [-0.39, 0.29) is 18.9 Å². The van der Waals surface area contributed by atoms with Gasteiger partial charge in [0.2, 0.25) is 11.8 Å². The SMILES string of the molecule is CCCC[C@@H](C(=O)N1CCC[C@H]1C(=O)NCc1ccc(OC)c(OC)c1)[C@H](F)C(=O)NO. The minimum atomic E-state index is -2.19. The molecule has 0 spiro atoms. The number of amides is 3. The van der Waals surface area contributed by atoms with Crippen LogP contribution in [0.1, 0.15) is 44.6 Å². The molecule has 0 saturated carbocycles. The Morgan fingerprint density at radius 1 is 1.25 bits per heavy atom. The second-order valence-corrected chi connectivity index (χ2v) is 7.72. The Bertz CT molecular complexity index is 806. The molecule has 1 saturated heterocycles. The van der Waals surface area contributed by atoms with Crippen molar-refractivity contribution in [1.29, 1.82) is 0 Å². The summed E-state index contributed by atoms with van der Waals surface area (Å²) in [6.45, 7) is 2.42. The first-order valence-electron chi connectivity index (χ1n) is 10.7. The van der Waals surface area contributed by atoms with Gasteiger partial charge in [-0.05, 0) is 37.0 Å². The summed E-state index contributed by atoms with van der Waals surface area (Å²) in [7, 11) is 3.05. The van der Waals surface area contributed by atoms with Crippen molar-refractivity contribution in [2.24, 2.45) is 5.92 Å².